The number of hydrogen-bond donors (Lipinski definition) is 2. The van der Waals surface area contributed by atoms with E-state index in [1.165, 1.54) is 0 Å². The number of carbonyl (C=O) groups is 1. The Morgan fingerprint density at radius 2 is 1.92 bits per heavy atom. The number of benzene rings is 1. The fourth-order valence-electron chi connectivity index (χ4n) is 1.07. The molecule has 0 unspecified atom stereocenters. The van der Waals surface area contributed by atoms with Gasteiger partial charge in [-0.1, -0.05) is 6.07 Å². The van der Waals surface area contributed by atoms with Crippen molar-refractivity contribution in [3.05, 3.63) is 28.8 Å². The minimum atomic E-state index is -0.206. The first-order chi connectivity index (χ1) is 5.54. The van der Waals surface area contributed by atoms with Gasteiger partial charge in [-0.05, 0) is 31.0 Å². The molecule has 12 heavy (non-hydrogen) atoms. The zero-order valence-electron chi connectivity index (χ0n) is 6.96. The molecule has 3 heteroatoms. The van der Waals surface area contributed by atoms with Gasteiger partial charge in [0.2, 0.25) is 5.12 Å². The van der Waals surface area contributed by atoms with Gasteiger partial charge in [0.25, 0.3) is 0 Å². The van der Waals surface area contributed by atoms with E-state index in [-0.39, 0.29) is 5.12 Å². The molecule has 0 aliphatic heterocycles. The van der Waals surface area contributed by atoms with Crippen molar-refractivity contribution in [3.8, 4) is 0 Å². The van der Waals surface area contributed by atoms with E-state index in [0.717, 1.165) is 16.0 Å². The Balaban J connectivity index is 3.36. The molecule has 0 bridgehead atoms. The molecule has 1 aromatic rings. The summed E-state index contributed by atoms with van der Waals surface area (Å²) in [5.41, 5.74) is 2.61. The van der Waals surface area contributed by atoms with E-state index in [9.17, 15) is 4.79 Å². The van der Waals surface area contributed by atoms with Crippen molar-refractivity contribution in [2.45, 2.75) is 18.7 Å². The maximum atomic E-state index is 11.0. The molecule has 0 spiro atoms. The first kappa shape index (κ1) is 9.68. The molecule has 64 valence electrons. The highest BCUT2D eigenvalue weighted by Gasteiger charge is 2.07. The maximum absolute atomic E-state index is 11.0. The third-order valence-corrected chi connectivity index (χ3v) is 2.79. The molecular formula is C9H10OS2. The lowest BCUT2D eigenvalue weighted by Gasteiger charge is -2.06. The maximum Gasteiger partial charge on any atom is 0.216 e. The Labute approximate surface area is 83.0 Å². The topological polar surface area (TPSA) is 17.1 Å². The van der Waals surface area contributed by atoms with Crippen molar-refractivity contribution >= 4 is 30.4 Å². The average molecular weight is 198 g/mol. The van der Waals surface area contributed by atoms with Gasteiger partial charge in [-0.15, -0.1) is 25.3 Å². The van der Waals surface area contributed by atoms with Crippen LogP contribution < -0.4 is 0 Å². The van der Waals surface area contributed by atoms with Crippen LogP contribution in [0, 0.1) is 13.8 Å². The highest BCUT2D eigenvalue weighted by molar-refractivity contribution is 7.97. The smallest absolute Gasteiger partial charge is 0.216 e. The van der Waals surface area contributed by atoms with Gasteiger partial charge >= 0.3 is 0 Å². The number of aryl methyl sites for hydroxylation is 1. The Kier molecular flexibility index (Phi) is 2.85. The number of hydrogen-bond acceptors (Lipinski definition) is 2. The van der Waals surface area contributed by atoms with Crippen LogP contribution in [0.15, 0.2) is 17.0 Å². The second kappa shape index (κ2) is 3.54. The van der Waals surface area contributed by atoms with Crippen molar-refractivity contribution in [1.29, 1.82) is 0 Å². The van der Waals surface area contributed by atoms with Gasteiger partial charge in [0, 0.05) is 10.5 Å². The lowest BCUT2D eigenvalue weighted by molar-refractivity contribution is 0.109. The van der Waals surface area contributed by atoms with Crippen LogP contribution in [0.25, 0.3) is 0 Å². The van der Waals surface area contributed by atoms with E-state index in [4.69, 9.17) is 0 Å². The van der Waals surface area contributed by atoms with Gasteiger partial charge in [0.15, 0.2) is 0 Å². The molecule has 0 aromatic heterocycles. The molecule has 1 rings (SSSR count). The summed E-state index contributed by atoms with van der Waals surface area (Å²) in [7, 11) is 0. The minimum absolute atomic E-state index is 0.206. The zero-order chi connectivity index (χ0) is 9.30. The molecule has 1 nitrogen and oxygen atoms in total. The Morgan fingerprint density at radius 1 is 1.33 bits per heavy atom. The summed E-state index contributed by atoms with van der Waals surface area (Å²) in [5, 5.41) is -0.206. The molecule has 0 atom stereocenters. The largest absolute Gasteiger partial charge is 0.282 e. The van der Waals surface area contributed by atoms with Crippen LogP contribution in [-0.2, 0) is 0 Å². The van der Waals surface area contributed by atoms with Crippen molar-refractivity contribution in [2.75, 3.05) is 0 Å². The van der Waals surface area contributed by atoms with Gasteiger partial charge in [0.1, 0.15) is 0 Å². The third-order valence-electron chi connectivity index (χ3n) is 1.86. The predicted octanol–water partition coefficient (Wildman–Crippen LogP) is 2.66. The van der Waals surface area contributed by atoms with E-state index in [1.807, 2.05) is 19.9 Å². The Bertz CT molecular complexity index is 332. The molecule has 0 aliphatic carbocycles. The molecule has 0 saturated heterocycles. The molecule has 0 amide bonds. The number of carbonyl (C=O) groups excluding carboxylic acids is 1. The molecule has 0 aliphatic rings. The Morgan fingerprint density at radius 3 is 2.42 bits per heavy atom. The summed E-state index contributed by atoms with van der Waals surface area (Å²) in [6.45, 7) is 3.83. The van der Waals surface area contributed by atoms with Gasteiger partial charge in [-0.2, -0.15) is 0 Å². The summed E-state index contributed by atoms with van der Waals surface area (Å²) >= 11 is 8.06. The first-order valence-corrected chi connectivity index (χ1v) is 4.46. The summed E-state index contributed by atoms with van der Waals surface area (Å²) in [6.07, 6.45) is 0. The van der Waals surface area contributed by atoms with Crippen molar-refractivity contribution in [3.63, 3.8) is 0 Å². The van der Waals surface area contributed by atoms with Crippen LogP contribution in [0.3, 0.4) is 0 Å². The average Bonchev–Trinajstić information content (AvgIpc) is 2.00. The van der Waals surface area contributed by atoms with E-state index in [0.29, 0.717) is 5.56 Å². The van der Waals surface area contributed by atoms with E-state index >= 15 is 0 Å². The highest BCUT2D eigenvalue weighted by Crippen LogP contribution is 2.22. The fraction of sp³-hybridized carbons (Fsp3) is 0.222. The van der Waals surface area contributed by atoms with Crippen LogP contribution in [-0.4, -0.2) is 5.12 Å². The summed E-state index contributed by atoms with van der Waals surface area (Å²) in [6, 6.07) is 3.65. The third kappa shape index (κ3) is 1.67. The van der Waals surface area contributed by atoms with Crippen LogP contribution >= 0.6 is 25.3 Å². The molecule has 0 radical (unpaired) electrons. The molecule has 0 fully saturated rings. The second-order valence-corrected chi connectivity index (χ2v) is 3.56. The van der Waals surface area contributed by atoms with E-state index < -0.39 is 0 Å². The van der Waals surface area contributed by atoms with Gasteiger partial charge in [0.05, 0.1) is 0 Å². The zero-order valence-corrected chi connectivity index (χ0v) is 8.75. The highest BCUT2D eigenvalue weighted by atomic mass is 32.1. The van der Waals surface area contributed by atoms with Crippen LogP contribution in [0.2, 0.25) is 0 Å². The van der Waals surface area contributed by atoms with E-state index in [2.05, 4.69) is 25.3 Å². The first-order valence-electron chi connectivity index (χ1n) is 3.56. The summed E-state index contributed by atoms with van der Waals surface area (Å²) < 4.78 is 0. The molecule has 0 heterocycles. The van der Waals surface area contributed by atoms with Gasteiger partial charge in [-0.25, -0.2) is 0 Å². The standard InChI is InChI=1S/C9H10OS2/c1-5-3-4-7(9(10)12)6(2)8(5)11/h3-4,11H,1-2H3,(H,10,12). The predicted molar refractivity (Wildman–Crippen MR) is 56.5 cm³/mol. The van der Waals surface area contributed by atoms with Crippen molar-refractivity contribution in [1.82, 2.24) is 0 Å². The van der Waals surface area contributed by atoms with Crippen LogP contribution in [0.5, 0.6) is 0 Å². The lowest BCUT2D eigenvalue weighted by atomic mass is 10.1. The fourth-order valence-corrected chi connectivity index (χ4v) is 1.50. The molecule has 0 N–H and O–H groups in total. The van der Waals surface area contributed by atoms with E-state index in [1.54, 1.807) is 6.07 Å². The van der Waals surface area contributed by atoms with Crippen LogP contribution in [0.1, 0.15) is 21.5 Å². The monoisotopic (exact) mass is 198 g/mol. The Hall–Kier alpha value is -0.410. The summed E-state index contributed by atoms with van der Waals surface area (Å²) in [4.78, 5) is 11.8. The van der Waals surface area contributed by atoms with Crippen molar-refractivity contribution < 1.29 is 4.79 Å². The second-order valence-electron chi connectivity index (χ2n) is 2.71. The van der Waals surface area contributed by atoms with Gasteiger partial charge < -0.3 is 0 Å². The van der Waals surface area contributed by atoms with Crippen LogP contribution in [0.4, 0.5) is 0 Å². The lowest BCUT2D eigenvalue weighted by Crippen LogP contribution is -1.95. The molecular weight excluding hydrogens is 188 g/mol. The molecule has 0 saturated carbocycles. The normalized spacial score (nSPS) is 10.0. The minimum Gasteiger partial charge on any atom is -0.282 e. The number of thiol groups is 2. The molecule has 1 aromatic carbocycles. The quantitative estimate of drug-likeness (QED) is 0.663. The van der Waals surface area contributed by atoms with Crippen molar-refractivity contribution in [2.24, 2.45) is 0 Å². The number of rotatable bonds is 1. The SMILES string of the molecule is Cc1ccc(C(=O)S)c(C)c1S. The van der Waals surface area contributed by atoms with Gasteiger partial charge in [-0.3, -0.25) is 4.79 Å². The summed E-state index contributed by atoms with van der Waals surface area (Å²) in [5.74, 6) is 0.